The molecule has 0 saturated carbocycles. The first-order valence-electron chi connectivity index (χ1n) is 9.32. The van der Waals surface area contributed by atoms with E-state index in [0.717, 1.165) is 10.5 Å². The number of aryl methyl sites for hydroxylation is 1. The number of benzene rings is 4. The second kappa shape index (κ2) is 8.27. The summed E-state index contributed by atoms with van der Waals surface area (Å²) in [6, 6.07) is 34.9. The van der Waals surface area contributed by atoms with Crippen molar-refractivity contribution in [2.45, 2.75) is 31.4 Å². The molecule has 0 spiro atoms. The van der Waals surface area contributed by atoms with Gasteiger partial charge in [-0.15, -0.1) is 0 Å². The Bertz CT molecular complexity index is 1140. The molecule has 4 aromatic carbocycles. The minimum atomic E-state index is -3.52. The molecule has 0 heterocycles. The van der Waals surface area contributed by atoms with Crippen molar-refractivity contribution in [1.29, 1.82) is 0 Å². The summed E-state index contributed by atoms with van der Waals surface area (Å²) in [5, 5.41) is 0. The molecule has 0 bridgehead atoms. The molecule has 0 saturated heterocycles. The molecule has 0 fully saturated rings. The van der Waals surface area contributed by atoms with Gasteiger partial charge in [0.15, 0.2) is 14.7 Å². The lowest BCUT2D eigenvalue weighted by molar-refractivity contribution is 0.596. The largest absolute Gasteiger partial charge is 0.219 e. The molecule has 4 aromatic rings. The van der Waals surface area contributed by atoms with Gasteiger partial charge in [0.1, 0.15) is 0 Å². The third-order valence-electron chi connectivity index (χ3n) is 4.66. The molecule has 0 aromatic heterocycles. The quantitative estimate of drug-likeness (QED) is 0.378. The Kier molecular flexibility index (Phi) is 5.56. The Labute approximate surface area is 175 Å². The van der Waals surface area contributed by atoms with E-state index >= 15 is 0 Å². The van der Waals surface area contributed by atoms with E-state index in [4.69, 9.17) is 0 Å². The van der Waals surface area contributed by atoms with Gasteiger partial charge in [-0.25, -0.2) is 8.42 Å². The van der Waals surface area contributed by atoms with Crippen LogP contribution in [0, 0.1) is 6.92 Å². The maximum absolute atomic E-state index is 13.0. The fraction of sp³-hybridized carbons (Fsp3) is 0.0400. The minimum Gasteiger partial charge on any atom is -0.219 e. The van der Waals surface area contributed by atoms with Crippen molar-refractivity contribution in [3.05, 3.63) is 115 Å². The number of sulfone groups is 1. The smallest absolute Gasteiger partial charge is 0.206 e. The van der Waals surface area contributed by atoms with Crippen molar-refractivity contribution >= 4 is 20.7 Å². The van der Waals surface area contributed by atoms with Crippen LogP contribution in [0.2, 0.25) is 0 Å². The van der Waals surface area contributed by atoms with Crippen LogP contribution >= 0.6 is 0 Å². The normalized spacial score (nSPS) is 11.5. The van der Waals surface area contributed by atoms with E-state index in [1.807, 2.05) is 67.6 Å². The predicted octanol–water partition coefficient (Wildman–Crippen LogP) is 5.92. The fourth-order valence-electron chi connectivity index (χ4n) is 3.13. The summed E-state index contributed by atoms with van der Waals surface area (Å²) in [6.45, 7) is 1.94. The van der Waals surface area contributed by atoms with Crippen molar-refractivity contribution in [3.8, 4) is 0 Å². The molecule has 29 heavy (non-hydrogen) atoms. The monoisotopic (exact) mass is 417 g/mol. The molecule has 4 heteroatoms. The van der Waals surface area contributed by atoms with Gasteiger partial charge < -0.3 is 0 Å². The first-order chi connectivity index (χ1) is 14.1. The van der Waals surface area contributed by atoms with E-state index in [1.54, 1.807) is 24.3 Å². The average molecular weight is 418 g/mol. The summed E-state index contributed by atoms with van der Waals surface area (Å²) in [7, 11) is -3.82. The molecule has 0 aliphatic heterocycles. The molecule has 0 unspecified atom stereocenters. The highest BCUT2D eigenvalue weighted by molar-refractivity contribution is 7.97. The second-order valence-corrected chi connectivity index (χ2v) is 10.7. The van der Waals surface area contributed by atoms with Crippen LogP contribution < -0.4 is 0 Å². The fourth-order valence-corrected chi connectivity index (χ4v) is 6.47. The van der Waals surface area contributed by atoms with Crippen LogP contribution in [0.25, 0.3) is 0 Å². The van der Waals surface area contributed by atoms with Crippen molar-refractivity contribution in [3.63, 3.8) is 0 Å². The summed E-state index contributed by atoms with van der Waals surface area (Å²) < 4.78 is 25.9. The molecule has 0 aliphatic rings. The van der Waals surface area contributed by atoms with Crippen LogP contribution in [0.4, 0.5) is 0 Å². The molecule has 144 valence electrons. The van der Waals surface area contributed by atoms with Gasteiger partial charge in [0.2, 0.25) is 9.84 Å². The number of rotatable bonds is 5. The third kappa shape index (κ3) is 4.14. The lowest BCUT2D eigenvalue weighted by atomic mass is 10.2. The van der Waals surface area contributed by atoms with Crippen LogP contribution in [0.15, 0.2) is 134 Å². The molecule has 2 nitrogen and oxygen atoms in total. The molecule has 0 atom stereocenters. The van der Waals surface area contributed by atoms with Gasteiger partial charge in [0.25, 0.3) is 0 Å². The van der Waals surface area contributed by atoms with Gasteiger partial charge in [0.05, 0.1) is 20.7 Å². The van der Waals surface area contributed by atoms with Gasteiger partial charge in [-0.3, -0.25) is 0 Å². The van der Waals surface area contributed by atoms with E-state index < -0.39 is 9.84 Å². The maximum atomic E-state index is 13.0. The first kappa shape index (κ1) is 19.5. The van der Waals surface area contributed by atoms with Crippen molar-refractivity contribution in [2.24, 2.45) is 0 Å². The molecular formula is C25H21O2S2+. The minimum absolute atomic E-state index is 0.292. The van der Waals surface area contributed by atoms with Crippen LogP contribution in [0.3, 0.4) is 0 Å². The molecule has 0 radical (unpaired) electrons. The van der Waals surface area contributed by atoms with Crippen LogP contribution in [-0.2, 0) is 20.7 Å². The van der Waals surface area contributed by atoms with Crippen LogP contribution in [0.5, 0.6) is 0 Å². The van der Waals surface area contributed by atoms with Gasteiger partial charge in [-0.1, -0.05) is 54.1 Å². The Balaban J connectivity index is 1.74. The lowest BCUT2D eigenvalue weighted by Gasteiger charge is -2.09. The average Bonchev–Trinajstić information content (AvgIpc) is 2.76. The highest BCUT2D eigenvalue weighted by Crippen LogP contribution is 2.32. The Morgan fingerprint density at radius 3 is 1.34 bits per heavy atom. The van der Waals surface area contributed by atoms with Crippen molar-refractivity contribution < 1.29 is 8.42 Å². The van der Waals surface area contributed by atoms with Crippen LogP contribution in [-0.4, -0.2) is 8.42 Å². The zero-order chi connectivity index (χ0) is 20.3. The van der Waals surface area contributed by atoms with Gasteiger partial charge in [0, 0.05) is 0 Å². The Morgan fingerprint density at radius 2 is 0.897 bits per heavy atom. The lowest BCUT2D eigenvalue weighted by Crippen LogP contribution is -2.06. The van der Waals surface area contributed by atoms with Gasteiger partial charge in [-0.2, -0.15) is 0 Å². The summed E-state index contributed by atoms with van der Waals surface area (Å²) in [4.78, 5) is 4.13. The molecule has 0 aliphatic carbocycles. The number of hydrogen-bond donors (Lipinski definition) is 0. The standard InChI is InChI=1S/C25H21O2S2/c1-20-12-16-24(17-13-20)29(26,27)25-18-14-23(15-19-25)28(21-8-4-2-5-9-21)22-10-6-3-7-11-22/h2-19H,1H3/q+1. The van der Waals surface area contributed by atoms with Crippen molar-refractivity contribution in [1.82, 2.24) is 0 Å². The van der Waals surface area contributed by atoms with E-state index in [0.29, 0.717) is 9.79 Å². The summed E-state index contributed by atoms with van der Waals surface area (Å²) >= 11 is 0. The highest BCUT2D eigenvalue weighted by atomic mass is 32.2. The van der Waals surface area contributed by atoms with E-state index in [9.17, 15) is 8.42 Å². The van der Waals surface area contributed by atoms with E-state index in [2.05, 4.69) is 24.3 Å². The van der Waals surface area contributed by atoms with Crippen molar-refractivity contribution in [2.75, 3.05) is 0 Å². The maximum Gasteiger partial charge on any atom is 0.206 e. The second-order valence-electron chi connectivity index (χ2n) is 6.72. The SMILES string of the molecule is Cc1ccc(S(=O)(=O)c2ccc([S+](c3ccccc3)c3ccccc3)cc2)cc1. The summed E-state index contributed by atoms with van der Waals surface area (Å²) in [5.74, 6) is 0. The Morgan fingerprint density at radius 1 is 0.517 bits per heavy atom. The van der Waals surface area contributed by atoms with Gasteiger partial charge in [-0.05, 0) is 67.6 Å². The molecule has 0 N–H and O–H groups in total. The zero-order valence-electron chi connectivity index (χ0n) is 16.0. The highest BCUT2D eigenvalue weighted by Gasteiger charge is 2.29. The molecule has 0 amide bonds. The number of hydrogen-bond acceptors (Lipinski definition) is 2. The Hall–Kier alpha value is -2.82. The topological polar surface area (TPSA) is 34.1 Å². The summed E-state index contributed by atoms with van der Waals surface area (Å²) in [6.07, 6.45) is 0. The molecular weight excluding hydrogens is 396 g/mol. The zero-order valence-corrected chi connectivity index (χ0v) is 17.7. The van der Waals surface area contributed by atoms with Gasteiger partial charge >= 0.3 is 0 Å². The third-order valence-corrected chi connectivity index (χ3v) is 8.68. The first-order valence-corrected chi connectivity index (χ1v) is 12.0. The van der Waals surface area contributed by atoms with E-state index in [-0.39, 0.29) is 10.9 Å². The van der Waals surface area contributed by atoms with Crippen LogP contribution in [0.1, 0.15) is 5.56 Å². The molecule has 4 rings (SSSR count). The van der Waals surface area contributed by atoms with E-state index in [1.165, 1.54) is 9.79 Å². The predicted molar refractivity (Wildman–Crippen MR) is 118 cm³/mol. The summed E-state index contributed by atoms with van der Waals surface area (Å²) in [5.41, 5.74) is 1.04.